The minimum absolute atomic E-state index is 0.0685. The molecule has 1 aromatic rings. The fraction of sp³-hybridized carbons (Fsp3) is 0.429. The highest BCUT2D eigenvalue weighted by Crippen LogP contribution is 2.13. The predicted molar refractivity (Wildman–Crippen MR) is 78.5 cm³/mol. The predicted octanol–water partition coefficient (Wildman–Crippen LogP) is 0.255. The average Bonchev–Trinajstić information content (AvgIpc) is 2.99. The van der Waals surface area contributed by atoms with Crippen molar-refractivity contribution in [3.63, 3.8) is 0 Å². The summed E-state index contributed by atoms with van der Waals surface area (Å²) in [7, 11) is 0. The summed E-state index contributed by atoms with van der Waals surface area (Å²) >= 11 is 1.46. The maximum absolute atomic E-state index is 12.1. The summed E-state index contributed by atoms with van der Waals surface area (Å²) in [5.74, 6) is 2.38. The number of hydrogen-bond acceptors (Lipinski definition) is 4. The first kappa shape index (κ1) is 14.6. The standard InChI is InChI=1S/C14H17N3O2S/c1-2-5-15-13(18)11-16-6-8-17(9-7-16)14(19)12-4-3-10-20-12/h1,3-4,10H,5-9,11H2,(H,15,18). The first-order valence-electron chi connectivity index (χ1n) is 6.46. The molecule has 0 saturated carbocycles. The fourth-order valence-corrected chi connectivity index (χ4v) is 2.76. The van der Waals surface area contributed by atoms with E-state index in [2.05, 4.69) is 11.2 Å². The molecule has 1 aliphatic rings. The molecule has 0 atom stereocenters. The van der Waals surface area contributed by atoms with E-state index in [-0.39, 0.29) is 18.4 Å². The Labute approximate surface area is 122 Å². The Balaban J connectivity index is 1.77. The van der Waals surface area contributed by atoms with Crippen molar-refractivity contribution in [2.24, 2.45) is 0 Å². The van der Waals surface area contributed by atoms with Gasteiger partial charge in [-0.3, -0.25) is 14.5 Å². The first-order valence-corrected chi connectivity index (χ1v) is 7.34. The van der Waals surface area contributed by atoms with Crippen LogP contribution < -0.4 is 5.32 Å². The Morgan fingerprint density at radius 2 is 2.10 bits per heavy atom. The summed E-state index contributed by atoms with van der Waals surface area (Å²) in [5, 5.41) is 4.54. The molecule has 0 aromatic carbocycles. The van der Waals surface area contributed by atoms with E-state index < -0.39 is 0 Å². The van der Waals surface area contributed by atoms with Crippen LogP contribution in [-0.2, 0) is 4.79 Å². The van der Waals surface area contributed by atoms with Gasteiger partial charge in [0.05, 0.1) is 18.0 Å². The fourth-order valence-electron chi connectivity index (χ4n) is 2.07. The SMILES string of the molecule is C#CCNC(=O)CN1CCN(C(=O)c2cccs2)CC1. The molecule has 20 heavy (non-hydrogen) atoms. The second kappa shape index (κ2) is 7.08. The van der Waals surface area contributed by atoms with Crippen molar-refractivity contribution in [3.05, 3.63) is 22.4 Å². The van der Waals surface area contributed by atoms with Gasteiger partial charge in [-0.1, -0.05) is 12.0 Å². The lowest BCUT2D eigenvalue weighted by molar-refractivity contribution is -0.122. The number of nitrogens with zero attached hydrogens (tertiary/aromatic N) is 2. The molecule has 1 N–H and O–H groups in total. The topological polar surface area (TPSA) is 52.7 Å². The number of hydrogen-bond donors (Lipinski definition) is 1. The van der Waals surface area contributed by atoms with E-state index in [4.69, 9.17) is 6.42 Å². The van der Waals surface area contributed by atoms with Gasteiger partial charge in [-0.05, 0) is 11.4 Å². The average molecular weight is 291 g/mol. The number of nitrogens with one attached hydrogen (secondary N) is 1. The molecule has 1 aromatic heterocycles. The zero-order valence-corrected chi connectivity index (χ0v) is 12.0. The van der Waals surface area contributed by atoms with Crippen molar-refractivity contribution < 1.29 is 9.59 Å². The van der Waals surface area contributed by atoms with E-state index >= 15 is 0 Å². The van der Waals surface area contributed by atoms with Gasteiger partial charge >= 0.3 is 0 Å². The van der Waals surface area contributed by atoms with Gasteiger partial charge in [0.25, 0.3) is 5.91 Å². The normalized spacial score (nSPS) is 15.7. The molecular formula is C14H17N3O2S. The Bertz CT molecular complexity index is 499. The molecule has 1 aliphatic heterocycles. The van der Waals surface area contributed by atoms with E-state index in [1.54, 1.807) is 0 Å². The van der Waals surface area contributed by atoms with Gasteiger partial charge in [0.2, 0.25) is 5.91 Å². The lowest BCUT2D eigenvalue weighted by atomic mass is 10.3. The quantitative estimate of drug-likeness (QED) is 0.810. The van der Waals surface area contributed by atoms with Gasteiger partial charge in [0.1, 0.15) is 0 Å². The molecular weight excluding hydrogens is 274 g/mol. The van der Waals surface area contributed by atoms with Crippen LogP contribution in [0.4, 0.5) is 0 Å². The number of piperazine rings is 1. The van der Waals surface area contributed by atoms with Crippen LogP contribution in [0.5, 0.6) is 0 Å². The number of rotatable bonds is 4. The van der Waals surface area contributed by atoms with Crippen LogP contribution in [0.25, 0.3) is 0 Å². The third kappa shape index (κ3) is 3.83. The summed E-state index contributed by atoms with van der Waals surface area (Å²) in [5.41, 5.74) is 0. The molecule has 0 aliphatic carbocycles. The van der Waals surface area contributed by atoms with Crippen LogP contribution in [0.15, 0.2) is 17.5 Å². The molecule has 2 amide bonds. The van der Waals surface area contributed by atoms with E-state index in [1.807, 2.05) is 27.3 Å². The molecule has 5 nitrogen and oxygen atoms in total. The van der Waals surface area contributed by atoms with Crippen LogP contribution in [0.1, 0.15) is 9.67 Å². The molecule has 2 heterocycles. The van der Waals surface area contributed by atoms with Crippen LogP contribution in [0.3, 0.4) is 0 Å². The van der Waals surface area contributed by atoms with Crippen molar-refractivity contribution in [2.45, 2.75) is 0 Å². The van der Waals surface area contributed by atoms with Crippen molar-refractivity contribution in [3.8, 4) is 12.3 Å². The van der Waals surface area contributed by atoms with E-state index in [1.165, 1.54) is 11.3 Å². The maximum atomic E-state index is 12.1. The van der Waals surface area contributed by atoms with Crippen molar-refractivity contribution in [1.29, 1.82) is 0 Å². The Hall–Kier alpha value is -1.84. The minimum atomic E-state index is -0.0685. The number of terminal acetylenes is 1. The van der Waals surface area contributed by atoms with Crippen LogP contribution in [0.2, 0.25) is 0 Å². The van der Waals surface area contributed by atoms with Crippen molar-refractivity contribution >= 4 is 23.2 Å². The van der Waals surface area contributed by atoms with E-state index in [0.29, 0.717) is 32.7 Å². The number of amides is 2. The third-order valence-corrected chi connectivity index (χ3v) is 4.00. The second-order valence-electron chi connectivity index (χ2n) is 4.53. The molecule has 2 rings (SSSR count). The first-order chi connectivity index (χ1) is 9.70. The second-order valence-corrected chi connectivity index (χ2v) is 5.47. The van der Waals surface area contributed by atoms with Gasteiger partial charge in [0, 0.05) is 26.2 Å². The highest BCUT2D eigenvalue weighted by Gasteiger charge is 2.23. The van der Waals surface area contributed by atoms with Crippen LogP contribution in [0, 0.1) is 12.3 Å². The van der Waals surface area contributed by atoms with E-state index in [9.17, 15) is 9.59 Å². The molecule has 6 heteroatoms. The van der Waals surface area contributed by atoms with Gasteiger partial charge in [-0.2, -0.15) is 0 Å². The molecule has 0 unspecified atom stereocenters. The zero-order valence-electron chi connectivity index (χ0n) is 11.2. The summed E-state index contributed by atoms with van der Waals surface area (Å²) < 4.78 is 0. The molecule has 0 bridgehead atoms. The van der Waals surface area contributed by atoms with Gasteiger partial charge in [0.15, 0.2) is 0 Å². The van der Waals surface area contributed by atoms with Crippen molar-refractivity contribution in [1.82, 2.24) is 15.1 Å². The maximum Gasteiger partial charge on any atom is 0.264 e. The highest BCUT2D eigenvalue weighted by molar-refractivity contribution is 7.12. The number of carbonyl (C=O) groups excluding carboxylic acids is 2. The molecule has 0 spiro atoms. The van der Waals surface area contributed by atoms with Gasteiger partial charge < -0.3 is 10.2 Å². The Kier molecular flexibility index (Phi) is 5.16. The minimum Gasteiger partial charge on any atom is -0.344 e. The summed E-state index contributed by atoms with van der Waals surface area (Å²) in [6, 6.07) is 3.72. The number of carbonyl (C=O) groups is 2. The van der Waals surface area contributed by atoms with Crippen LogP contribution in [-0.4, -0.2) is 60.9 Å². The lowest BCUT2D eigenvalue weighted by Gasteiger charge is -2.34. The largest absolute Gasteiger partial charge is 0.344 e. The summed E-state index contributed by atoms with van der Waals surface area (Å²) in [6.45, 7) is 3.32. The number of thiophene rings is 1. The smallest absolute Gasteiger partial charge is 0.264 e. The summed E-state index contributed by atoms with van der Waals surface area (Å²) in [6.07, 6.45) is 5.09. The monoisotopic (exact) mass is 291 g/mol. The molecule has 106 valence electrons. The Morgan fingerprint density at radius 1 is 1.35 bits per heavy atom. The zero-order chi connectivity index (χ0) is 14.4. The highest BCUT2D eigenvalue weighted by atomic mass is 32.1. The Morgan fingerprint density at radius 3 is 2.70 bits per heavy atom. The van der Waals surface area contributed by atoms with Crippen LogP contribution >= 0.6 is 11.3 Å². The van der Waals surface area contributed by atoms with Crippen molar-refractivity contribution in [2.75, 3.05) is 39.3 Å². The van der Waals surface area contributed by atoms with E-state index in [0.717, 1.165) is 4.88 Å². The molecule has 0 radical (unpaired) electrons. The molecule has 1 fully saturated rings. The van der Waals surface area contributed by atoms with Gasteiger partial charge in [-0.25, -0.2) is 0 Å². The molecule has 1 saturated heterocycles. The third-order valence-electron chi connectivity index (χ3n) is 3.15. The lowest BCUT2D eigenvalue weighted by Crippen LogP contribution is -2.51. The van der Waals surface area contributed by atoms with Gasteiger partial charge in [-0.15, -0.1) is 17.8 Å². The summed E-state index contributed by atoms with van der Waals surface area (Å²) in [4.78, 5) is 28.3.